The van der Waals surface area contributed by atoms with Gasteiger partial charge in [0.2, 0.25) is 5.91 Å². The summed E-state index contributed by atoms with van der Waals surface area (Å²) in [6, 6.07) is 15.9. The fourth-order valence-electron chi connectivity index (χ4n) is 4.15. The summed E-state index contributed by atoms with van der Waals surface area (Å²) in [7, 11) is 0. The first kappa shape index (κ1) is 27.2. The largest absolute Gasteiger partial charge is 0.416 e. The summed E-state index contributed by atoms with van der Waals surface area (Å²) >= 11 is 1.26. The van der Waals surface area contributed by atoms with Crippen LogP contribution in [-0.2, 0) is 15.7 Å². The minimum atomic E-state index is -4.43. The number of hydrogen-bond donors (Lipinski definition) is 1. The van der Waals surface area contributed by atoms with E-state index in [1.165, 1.54) is 29.7 Å². The van der Waals surface area contributed by atoms with Crippen LogP contribution < -0.4 is 10.2 Å². The highest BCUT2D eigenvalue weighted by atomic mass is 32.1. The number of alkyl halides is 3. The Hall–Kier alpha value is -4.35. The van der Waals surface area contributed by atoms with Crippen LogP contribution in [0.1, 0.15) is 16.7 Å². The number of carbonyl (C=O) groups excluding carboxylic acids is 1. The highest BCUT2D eigenvalue weighted by Gasteiger charge is 2.30. The molecule has 3 heterocycles. The summed E-state index contributed by atoms with van der Waals surface area (Å²) < 4.78 is 48.6. The summed E-state index contributed by atoms with van der Waals surface area (Å²) in [5.41, 5.74) is 3.41. The van der Waals surface area contributed by atoms with E-state index >= 15 is 0 Å². The molecule has 1 fully saturated rings. The normalized spacial score (nSPS) is 14.5. The second-order valence-electron chi connectivity index (χ2n) is 8.88. The number of pyridine rings is 1. The molecule has 0 aliphatic carbocycles. The van der Waals surface area contributed by atoms with Gasteiger partial charge in [-0.1, -0.05) is 40.9 Å². The molecule has 7 nitrogen and oxygen atoms in total. The molecule has 40 heavy (non-hydrogen) atoms. The van der Waals surface area contributed by atoms with E-state index in [-0.39, 0.29) is 5.91 Å². The average molecular weight is 564 g/mol. The lowest BCUT2D eigenvalue weighted by molar-refractivity contribution is -0.137. The summed E-state index contributed by atoms with van der Waals surface area (Å²) in [6.07, 6.45) is 1.86. The summed E-state index contributed by atoms with van der Waals surface area (Å²) in [4.78, 5) is 19.2. The van der Waals surface area contributed by atoms with Gasteiger partial charge in [-0.3, -0.25) is 4.79 Å². The second-order valence-corrected chi connectivity index (χ2v) is 9.49. The van der Waals surface area contributed by atoms with E-state index in [0.29, 0.717) is 35.6 Å². The Morgan fingerprint density at radius 3 is 2.33 bits per heavy atom. The number of nitrogens with one attached hydrogen (secondary N) is 1. The molecular formula is C29H24F3N5O2S. The Morgan fingerprint density at radius 1 is 0.975 bits per heavy atom. The lowest BCUT2D eigenvalue weighted by atomic mass is 9.97. The van der Waals surface area contributed by atoms with Gasteiger partial charge in [0.1, 0.15) is 11.5 Å². The molecule has 1 saturated heterocycles. The molecule has 2 aromatic heterocycles. The summed E-state index contributed by atoms with van der Waals surface area (Å²) in [6.45, 7) is 2.72. The summed E-state index contributed by atoms with van der Waals surface area (Å²) in [5, 5.41) is 8.66. The van der Waals surface area contributed by atoms with Crippen LogP contribution in [0.2, 0.25) is 0 Å². The zero-order valence-electron chi connectivity index (χ0n) is 21.1. The van der Waals surface area contributed by atoms with E-state index in [0.717, 1.165) is 42.3 Å². The van der Waals surface area contributed by atoms with Crippen molar-refractivity contribution in [1.29, 1.82) is 0 Å². The third-order valence-corrected chi connectivity index (χ3v) is 6.74. The molecule has 1 amide bonds. The zero-order valence-corrected chi connectivity index (χ0v) is 22.0. The second kappa shape index (κ2) is 12.2. The topological polar surface area (TPSA) is 80.2 Å². The number of nitrogens with zero attached hydrogens (tertiary/aromatic N) is 4. The number of hydrogen-bond acceptors (Lipinski definition) is 7. The van der Waals surface area contributed by atoms with Crippen molar-refractivity contribution >= 4 is 34.5 Å². The molecular weight excluding hydrogens is 539 g/mol. The number of halogens is 3. The lowest BCUT2D eigenvalue weighted by Crippen LogP contribution is -2.36. The highest BCUT2D eigenvalue weighted by Crippen LogP contribution is 2.32. The van der Waals surface area contributed by atoms with E-state index < -0.39 is 11.7 Å². The minimum absolute atomic E-state index is 0.355. The molecule has 204 valence electrons. The Kier molecular flexibility index (Phi) is 8.32. The minimum Gasteiger partial charge on any atom is -0.378 e. The zero-order chi connectivity index (χ0) is 28.0. The number of amides is 1. The number of morpholine rings is 1. The van der Waals surface area contributed by atoms with E-state index in [9.17, 15) is 18.0 Å². The molecule has 0 atom stereocenters. The predicted molar refractivity (Wildman–Crippen MR) is 149 cm³/mol. The summed E-state index contributed by atoms with van der Waals surface area (Å²) in [5.74, 6) is 0.442. The fraction of sp³-hybridized carbons (Fsp3) is 0.172. The van der Waals surface area contributed by atoms with Gasteiger partial charge in [-0.25, -0.2) is 4.98 Å². The maximum absolute atomic E-state index is 13.1. The predicted octanol–water partition coefficient (Wildman–Crippen LogP) is 6.08. The van der Waals surface area contributed by atoms with Crippen LogP contribution in [0.3, 0.4) is 0 Å². The van der Waals surface area contributed by atoms with Crippen molar-refractivity contribution in [3.63, 3.8) is 0 Å². The molecule has 0 saturated carbocycles. The van der Waals surface area contributed by atoms with Crippen molar-refractivity contribution in [3.05, 3.63) is 107 Å². The lowest BCUT2D eigenvalue weighted by Gasteiger charge is -2.27. The number of benzene rings is 2. The van der Waals surface area contributed by atoms with Gasteiger partial charge in [-0.2, -0.15) is 13.2 Å². The first-order chi connectivity index (χ1) is 19.4. The molecule has 2 aromatic carbocycles. The third kappa shape index (κ3) is 6.80. The van der Waals surface area contributed by atoms with E-state index in [4.69, 9.17) is 4.74 Å². The molecule has 5 rings (SSSR count). The Morgan fingerprint density at radius 2 is 1.70 bits per heavy atom. The highest BCUT2D eigenvalue weighted by molar-refractivity contribution is 7.03. The van der Waals surface area contributed by atoms with Crippen LogP contribution in [-0.4, -0.2) is 46.8 Å². The van der Waals surface area contributed by atoms with E-state index in [2.05, 4.69) is 24.8 Å². The van der Waals surface area contributed by atoms with Gasteiger partial charge in [0, 0.05) is 47.6 Å². The van der Waals surface area contributed by atoms with Gasteiger partial charge in [0.25, 0.3) is 0 Å². The van der Waals surface area contributed by atoms with Crippen molar-refractivity contribution < 1.29 is 22.7 Å². The number of rotatable bonds is 7. The number of allylic oxidation sites excluding steroid dienone is 2. The van der Waals surface area contributed by atoms with Crippen molar-refractivity contribution in [2.45, 2.75) is 6.18 Å². The Bertz CT molecular complexity index is 1480. The molecule has 1 aliphatic heterocycles. The quantitative estimate of drug-likeness (QED) is 0.217. The van der Waals surface area contributed by atoms with Crippen LogP contribution in [0.15, 0.2) is 90.5 Å². The Balaban J connectivity index is 1.35. The first-order valence-electron chi connectivity index (χ1n) is 12.4. The van der Waals surface area contributed by atoms with Crippen LogP contribution in [0.5, 0.6) is 0 Å². The standard InChI is InChI=1S/C29H24F3N5O2S/c30-29(31,32)23-9-4-20(5-10-23)25(22-8-13-27(33-18-22)37-14-16-39-17-15-37)2-1-3-28(38)34-24-11-6-21(7-12-24)26-19-40-36-35-26/h1-13,18-19H,14-17H2,(H,34,38)/b3-1+,25-2-. The van der Waals surface area contributed by atoms with Gasteiger partial charge in [0.15, 0.2) is 0 Å². The number of aromatic nitrogens is 3. The Labute approximate surface area is 232 Å². The van der Waals surface area contributed by atoms with Crippen LogP contribution in [0.4, 0.5) is 24.7 Å². The maximum Gasteiger partial charge on any atom is 0.416 e. The van der Waals surface area contributed by atoms with Crippen LogP contribution in [0, 0.1) is 0 Å². The van der Waals surface area contributed by atoms with Crippen molar-refractivity contribution in [2.75, 3.05) is 36.5 Å². The maximum atomic E-state index is 13.1. The van der Waals surface area contributed by atoms with Gasteiger partial charge in [-0.05, 0) is 59.1 Å². The number of carbonyl (C=O) groups is 1. The van der Waals surface area contributed by atoms with Gasteiger partial charge in [-0.15, -0.1) is 5.10 Å². The van der Waals surface area contributed by atoms with Crippen LogP contribution in [0.25, 0.3) is 16.8 Å². The van der Waals surface area contributed by atoms with E-state index in [1.54, 1.807) is 30.5 Å². The van der Waals surface area contributed by atoms with Gasteiger partial charge >= 0.3 is 6.18 Å². The third-order valence-electron chi connectivity index (χ3n) is 6.24. The molecule has 0 unspecified atom stereocenters. The van der Waals surface area contributed by atoms with Gasteiger partial charge in [0.05, 0.1) is 18.8 Å². The molecule has 1 N–H and O–H groups in total. The SMILES string of the molecule is O=C(/C=C/C=C(/c1ccc(C(F)(F)F)cc1)c1ccc(N2CCOCC2)nc1)Nc1ccc(-c2csnn2)cc1. The van der Waals surface area contributed by atoms with Crippen molar-refractivity contribution in [2.24, 2.45) is 0 Å². The monoisotopic (exact) mass is 563 g/mol. The van der Waals surface area contributed by atoms with Crippen LogP contribution >= 0.6 is 11.5 Å². The molecule has 0 spiro atoms. The first-order valence-corrected chi connectivity index (χ1v) is 13.2. The van der Waals surface area contributed by atoms with Crippen molar-refractivity contribution in [3.8, 4) is 11.3 Å². The number of anilines is 2. The molecule has 1 aliphatic rings. The number of ether oxygens (including phenoxy) is 1. The van der Waals surface area contributed by atoms with Gasteiger partial charge < -0.3 is 15.0 Å². The molecule has 0 radical (unpaired) electrons. The van der Waals surface area contributed by atoms with E-state index in [1.807, 2.05) is 29.6 Å². The molecule has 0 bridgehead atoms. The molecule has 4 aromatic rings. The molecule has 11 heteroatoms. The average Bonchev–Trinajstić information content (AvgIpc) is 3.51. The smallest absolute Gasteiger partial charge is 0.378 e. The fourth-order valence-corrected chi connectivity index (χ4v) is 4.62. The van der Waals surface area contributed by atoms with Crippen molar-refractivity contribution in [1.82, 2.24) is 14.6 Å².